The number of thioether (sulfide) groups is 1. The van der Waals surface area contributed by atoms with Crippen LogP contribution in [0.2, 0.25) is 0 Å². The normalized spacial score (nSPS) is 20.1. The van der Waals surface area contributed by atoms with E-state index in [9.17, 15) is 9.59 Å². The summed E-state index contributed by atoms with van der Waals surface area (Å²) >= 11 is 4.97. The summed E-state index contributed by atoms with van der Waals surface area (Å²) in [6.07, 6.45) is 0.699. The van der Waals surface area contributed by atoms with Crippen LogP contribution in [0, 0.1) is 11.8 Å². The molecule has 3 rings (SSSR count). The number of urea groups is 1. The van der Waals surface area contributed by atoms with E-state index < -0.39 is 5.92 Å². The van der Waals surface area contributed by atoms with Crippen molar-refractivity contribution in [3.63, 3.8) is 0 Å². The van der Waals surface area contributed by atoms with Crippen molar-refractivity contribution in [3.8, 4) is 0 Å². The Balaban J connectivity index is 1.95. The van der Waals surface area contributed by atoms with Gasteiger partial charge in [0.25, 0.3) is 5.84 Å². The highest BCUT2D eigenvalue weighted by Gasteiger charge is 2.49. The molecular weight excluding hydrogens is 428 g/mol. The molecule has 6 nitrogen and oxygen atoms in total. The van der Waals surface area contributed by atoms with E-state index in [0.29, 0.717) is 34.8 Å². The monoisotopic (exact) mass is 449 g/mol. The average molecular weight is 450 g/mol. The van der Waals surface area contributed by atoms with E-state index in [2.05, 4.69) is 34.8 Å². The Morgan fingerprint density at radius 2 is 1.89 bits per heavy atom. The van der Waals surface area contributed by atoms with Crippen LogP contribution < -0.4 is 0 Å². The van der Waals surface area contributed by atoms with E-state index in [-0.39, 0.29) is 11.9 Å². The van der Waals surface area contributed by atoms with Crippen LogP contribution in [0.15, 0.2) is 38.7 Å². The van der Waals surface area contributed by atoms with E-state index in [1.165, 1.54) is 23.4 Å². The molecule has 1 atom stereocenters. The fraction of sp³-hybridized carbons (Fsp3) is 0.421. The number of imide groups is 1. The molecule has 0 radical (unpaired) electrons. The molecule has 0 spiro atoms. The molecule has 27 heavy (non-hydrogen) atoms. The van der Waals surface area contributed by atoms with Crippen molar-refractivity contribution in [2.75, 3.05) is 14.1 Å². The van der Waals surface area contributed by atoms with Crippen LogP contribution in [0.3, 0.4) is 0 Å². The predicted molar refractivity (Wildman–Crippen MR) is 113 cm³/mol. The molecule has 2 aliphatic rings. The smallest absolute Gasteiger partial charge is 0.255 e. The maximum Gasteiger partial charge on any atom is 0.445 e. The first kappa shape index (κ1) is 19.9. The summed E-state index contributed by atoms with van der Waals surface area (Å²) in [5.41, 5.74) is 1.14. The summed E-state index contributed by atoms with van der Waals surface area (Å²) < 4.78 is 2.49. The lowest BCUT2D eigenvalue weighted by Crippen LogP contribution is -2.54. The Labute approximate surface area is 171 Å². The highest BCUT2D eigenvalue weighted by molar-refractivity contribution is 9.10. The number of hydrogen-bond acceptors (Lipinski definition) is 5. The largest absolute Gasteiger partial charge is 0.445 e. The minimum absolute atomic E-state index is 0.275. The molecule has 0 saturated heterocycles. The fourth-order valence-corrected chi connectivity index (χ4v) is 4.24. The fourth-order valence-electron chi connectivity index (χ4n) is 2.93. The zero-order valence-electron chi connectivity index (χ0n) is 15.8. The summed E-state index contributed by atoms with van der Waals surface area (Å²) in [6.45, 7) is 4.19. The van der Waals surface area contributed by atoms with Crippen molar-refractivity contribution in [1.82, 2.24) is 4.90 Å². The van der Waals surface area contributed by atoms with Crippen molar-refractivity contribution >= 4 is 56.3 Å². The number of fused-ring (bicyclic) bond motifs is 1. The molecule has 1 aromatic rings. The van der Waals surface area contributed by atoms with Gasteiger partial charge in [-0.25, -0.2) is 9.79 Å². The first-order valence-corrected chi connectivity index (χ1v) is 10.5. The molecule has 2 heterocycles. The molecule has 0 bridgehead atoms. The molecule has 0 fully saturated rings. The van der Waals surface area contributed by atoms with Gasteiger partial charge in [0.15, 0.2) is 5.92 Å². The van der Waals surface area contributed by atoms with Gasteiger partial charge < -0.3 is 0 Å². The first-order valence-electron chi connectivity index (χ1n) is 8.73. The third-order valence-corrected chi connectivity index (χ3v) is 6.00. The average Bonchev–Trinajstić information content (AvgIpc) is 2.63. The molecule has 0 aliphatic carbocycles. The van der Waals surface area contributed by atoms with Gasteiger partial charge in [0.1, 0.15) is 5.04 Å². The molecule has 0 aromatic heterocycles. The number of amidine groups is 2. The Kier molecular flexibility index (Phi) is 5.95. The molecule has 142 valence electrons. The Morgan fingerprint density at radius 3 is 2.52 bits per heavy atom. The summed E-state index contributed by atoms with van der Waals surface area (Å²) in [7, 11) is 3.16. The van der Waals surface area contributed by atoms with Gasteiger partial charge in [0.05, 0.1) is 14.1 Å². The molecule has 2 aliphatic heterocycles. The van der Waals surface area contributed by atoms with E-state index in [4.69, 9.17) is 4.99 Å². The number of nitrogens with zero attached hydrogens (tertiary/aromatic N) is 4. The molecule has 1 aromatic carbocycles. The van der Waals surface area contributed by atoms with Crippen LogP contribution in [0.1, 0.15) is 25.8 Å². The van der Waals surface area contributed by atoms with Crippen LogP contribution in [0.5, 0.6) is 0 Å². The maximum atomic E-state index is 12.8. The van der Waals surface area contributed by atoms with Crippen LogP contribution in [-0.4, -0.2) is 52.2 Å². The third-order valence-electron chi connectivity index (χ3n) is 4.37. The van der Waals surface area contributed by atoms with Gasteiger partial charge in [0, 0.05) is 16.6 Å². The van der Waals surface area contributed by atoms with Crippen LogP contribution in [-0.2, 0) is 10.5 Å². The second kappa shape index (κ2) is 8.06. The van der Waals surface area contributed by atoms with Crippen molar-refractivity contribution in [2.45, 2.75) is 26.0 Å². The van der Waals surface area contributed by atoms with E-state index >= 15 is 0 Å². The van der Waals surface area contributed by atoms with Gasteiger partial charge in [0.2, 0.25) is 5.84 Å². The highest BCUT2D eigenvalue weighted by Crippen LogP contribution is 2.28. The minimum Gasteiger partial charge on any atom is -0.255 e. The van der Waals surface area contributed by atoms with Gasteiger partial charge in [-0.2, -0.15) is 9.48 Å². The molecule has 3 amide bonds. The zero-order valence-corrected chi connectivity index (χ0v) is 18.2. The SMILES string of the molecule is CC(C)CC1=NC2=[N+](C)C(=O)N(C)C(=O)C2C(SCc2ccc(Br)cc2)=N1. The number of rotatable bonds is 4. The predicted octanol–water partition coefficient (Wildman–Crippen LogP) is 3.79. The summed E-state index contributed by atoms with van der Waals surface area (Å²) in [5.74, 6) is 1.33. The maximum absolute atomic E-state index is 12.8. The molecule has 0 saturated carbocycles. The lowest BCUT2D eigenvalue weighted by atomic mass is 10.0. The number of amides is 3. The number of benzene rings is 1. The van der Waals surface area contributed by atoms with E-state index in [1.54, 1.807) is 7.05 Å². The summed E-state index contributed by atoms with van der Waals surface area (Å²) in [4.78, 5) is 35.5. The topological polar surface area (TPSA) is 65.1 Å². The van der Waals surface area contributed by atoms with Gasteiger partial charge >= 0.3 is 11.9 Å². The Hall–Kier alpha value is -1.80. The first-order chi connectivity index (χ1) is 12.8. The van der Waals surface area contributed by atoms with Gasteiger partial charge in [-0.15, -0.1) is 11.8 Å². The lowest BCUT2D eigenvalue weighted by molar-refractivity contribution is -0.407. The van der Waals surface area contributed by atoms with Crippen molar-refractivity contribution in [3.05, 3.63) is 34.3 Å². The molecule has 0 N–H and O–H groups in total. The van der Waals surface area contributed by atoms with Crippen LogP contribution >= 0.6 is 27.7 Å². The number of hydrogen-bond donors (Lipinski definition) is 0. The zero-order chi connectivity index (χ0) is 19.7. The quantitative estimate of drug-likeness (QED) is 0.656. The van der Waals surface area contributed by atoms with Crippen molar-refractivity contribution in [2.24, 2.45) is 21.8 Å². The highest BCUT2D eigenvalue weighted by atomic mass is 79.9. The second-order valence-electron chi connectivity index (χ2n) is 7.02. The van der Waals surface area contributed by atoms with Gasteiger partial charge in [-0.05, 0) is 23.6 Å². The summed E-state index contributed by atoms with van der Waals surface area (Å²) in [5, 5.41) is 0.703. The Bertz CT molecular complexity index is 874. The number of carbonyl (C=O) groups excluding carboxylic acids is 2. The van der Waals surface area contributed by atoms with Crippen LogP contribution in [0.4, 0.5) is 4.79 Å². The van der Waals surface area contributed by atoms with Crippen molar-refractivity contribution < 1.29 is 14.2 Å². The molecule has 8 heteroatoms. The number of halogens is 1. The van der Waals surface area contributed by atoms with E-state index in [1.807, 2.05) is 24.3 Å². The van der Waals surface area contributed by atoms with Gasteiger partial charge in [-0.3, -0.25) is 4.79 Å². The second-order valence-corrected chi connectivity index (χ2v) is 8.93. The minimum atomic E-state index is -0.617. The Morgan fingerprint density at radius 1 is 1.22 bits per heavy atom. The van der Waals surface area contributed by atoms with E-state index in [0.717, 1.165) is 14.9 Å². The number of aliphatic imine (C=N–C) groups is 2. The third kappa shape index (κ3) is 4.21. The van der Waals surface area contributed by atoms with Crippen LogP contribution in [0.25, 0.3) is 0 Å². The summed E-state index contributed by atoms with van der Waals surface area (Å²) in [6, 6.07) is 7.71. The van der Waals surface area contributed by atoms with Crippen molar-refractivity contribution in [1.29, 1.82) is 0 Å². The number of carbonyl (C=O) groups is 2. The van der Waals surface area contributed by atoms with Gasteiger partial charge in [-0.1, -0.05) is 46.9 Å². The molecule has 1 unspecified atom stereocenters. The lowest BCUT2D eigenvalue weighted by Gasteiger charge is -2.26. The standard InChI is InChI=1S/C19H22BrN4O2S/c1-11(2)9-14-21-16-15(18(25)24(4)19(26)23(16)3)17(22-14)27-10-12-5-7-13(20)8-6-12/h5-8,11,15H,9-10H2,1-4H3/q+1. The molecular formula is C19H22BrN4O2S+.